The van der Waals surface area contributed by atoms with Gasteiger partial charge in [-0.05, 0) is 50.0 Å². The lowest BCUT2D eigenvalue weighted by atomic mass is 10.2. The smallest absolute Gasteiger partial charge is 0.270 e. The van der Waals surface area contributed by atoms with E-state index in [4.69, 9.17) is 5.73 Å². The molecule has 2 aliphatic carbocycles. The van der Waals surface area contributed by atoms with Crippen LogP contribution in [-0.2, 0) is 6.54 Å². The normalized spacial score (nSPS) is 18.2. The van der Waals surface area contributed by atoms with Crippen molar-refractivity contribution in [2.24, 2.45) is 11.8 Å². The highest BCUT2D eigenvalue weighted by Crippen LogP contribution is 2.34. The molecule has 2 saturated carbocycles. The number of nitrogens with zero attached hydrogens (tertiary/aromatic N) is 2. The minimum Gasteiger partial charge on any atom is -0.397 e. The molecule has 3 rings (SSSR count). The third kappa shape index (κ3) is 3.17. The van der Waals surface area contributed by atoms with Gasteiger partial charge in [0.05, 0.1) is 5.69 Å². The van der Waals surface area contributed by atoms with E-state index >= 15 is 0 Å². The number of nitrogens with two attached hydrogens (primary N) is 1. The largest absolute Gasteiger partial charge is 0.397 e. The second-order valence-corrected chi connectivity index (χ2v) is 6.45. The van der Waals surface area contributed by atoms with Crippen LogP contribution >= 0.6 is 0 Å². The molecule has 1 amide bonds. The van der Waals surface area contributed by atoms with Gasteiger partial charge in [0.15, 0.2) is 0 Å². The second-order valence-electron chi connectivity index (χ2n) is 6.45. The Morgan fingerprint density at radius 3 is 2.40 bits per heavy atom. The van der Waals surface area contributed by atoms with Crippen molar-refractivity contribution >= 4 is 11.6 Å². The maximum absolute atomic E-state index is 12.8. The summed E-state index contributed by atoms with van der Waals surface area (Å²) in [4.78, 5) is 14.9. The van der Waals surface area contributed by atoms with E-state index in [2.05, 4.69) is 11.8 Å². The van der Waals surface area contributed by atoms with Crippen molar-refractivity contribution in [3.05, 3.63) is 18.0 Å². The number of hydrogen-bond donors (Lipinski definition) is 1. The van der Waals surface area contributed by atoms with Crippen molar-refractivity contribution in [1.82, 2.24) is 9.47 Å². The Hall–Kier alpha value is -1.45. The Kier molecular flexibility index (Phi) is 3.72. The molecule has 0 saturated heterocycles. The molecule has 1 heterocycles. The SMILES string of the molecule is CCCn1cc(N)cc1C(=O)N(CC1CC1)CC1CC1. The van der Waals surface area contributed by atoms with Crippen LogP contribution in [0.4, 0.5) is 5.69 Å². The Morgan fingerprint density at radius 2 is 1.90 bits per heavy atom. The molecule has 4 nitrogen and oxygen atoms in total. The molecular weight excluding hydrogens is 250 g/mol. The van der Waals surface area contributed by atoms with Crippen LogP contribution in [0.1, 0.15) is 49.5 Å². The Bertz CT molecular complexity index is 472. The number of rotatable bonds is 7. The minimum absolute atomic E-state index is 0.175. The molecule has 0 radical (unpaired) electrons. The lowest BCUT2D eigenvalue weighted by Gasteiger charge is -2.23. The summed E-state index contributed by atoms with van der Waals surface area (Å²) in [5, 5.41) is 0. The van der Waals surface area contributed by atoms with Gasteiger partial charge in [-0.25, -0.2) is 0 Å². The summed E-state index contributed by atoms with van der Waals surface area (Å²) in [6.45, 7) is 4.86. The first-order valence-electron chi connectivity index (χ1n) is 7.92. The van der Waals surface area contributed by atoms with Gasteiger partial charge in [0.2, 0.25) is 0 Å². The fraction of sp³-hybridized carbons (Fsp3) is 0.688. The number of aromatic nitrogens is 1. The van der Waals surface area contributed by atoms with Gasteiger partial charge in [0.25, 0.3) is 5.91 Å². The van der Waals surface area contributed by atoms with Crippen molar-refractivity contribution < 1.29 is 4.79 Å². The molecule has 0 aromatic carbocycles. The molecule has 20 heavy (non-hydrogen) atoms. The molecule has 1 aromatic rings. The zero-order valence-corrected chi connectivity index (χ0v) is 12.3. The van der Waals surface area contributed by atoms with E-state index in [-0.39, 0.29) is 5.91 Å². The van der Waals surface area contributed by atoms with E-state index in [0.29, 0.717) is 5.69 Å². The molecule has 0 bridgehead atoms. The molecule has 0 unspecified atom stereocenters. The quantitative estimate of drug-likeness (QED) is 0.832. The number of nitrogen functional groups attached to an aromatic ring is 1. The first kappa shape index (κ1) is 13.5. The summed E-state index contributed by atoms with van der Waals surface area (Å²) >= 11 is 0. The first-order chi connectivity index (χ1) is 9.67. The summed E-state index contributed by atoms with van der Waals surface area (Å²) < 4.78 is 2.02. The van der Waals surface area contributed by atoms with E-state index in [0.717, 1.165) is 43.6 Å². The number of amides is 1. The number of carbonyl (C=O) groups excluding carboxylic acids is 1. The Balaban J connectivity index is 1.75. The molecule has 0 spiro atoms. The van der Waals surface area contributed by atoms with E-state index in [1.165, 1.54) is 25.7 Å². The molecule has 4 heteroatoms. The topological polar surface area (TPSA) is 51.3 Å². The van der Waals surface area contributed by atoms with Crippen molar-refractivity contribution in [1.29, 1.82) is 0 Å². The molecule has 2 N–H and O–H groups in total. The van der Waals surface area contributed by atoms with Crippen molar-refractivity contribution in [2.45, 2.75) is 45.6 Å². The third-order valence-corrected chi connectivity index (χ3v) is 4.24. The van der Waals surface area contributed by atoms with Gasteiger partial charge < -0.3 is 15.2 Å². The van der Waals surface area contributed by atoms with Crippen LogP contribution in [0, 0.1) is 11.8 Å². The summed E-state index contributed by atoms with van der Waals surface area (Å²) in [5.41, 5.74) is 7.35. The fourth-order valence-electron chi connectivity index (χ4n) is 2.76. The molecule has 0 aliphatic heterocycles. The monoisotopic (exact) mass is 275 g/mol. The van der Waals surface area contributed by atoms with Crippen LogP contribution in [0.25, 0.3) is 0 Å². The van der Waals surface area contributed by atoms with Gasteiger partial charge in [0, 0.05) is 25.8 Å². The van der Waals surface area contributed by atoms with E-state index in [1.807, 2.05) is 16.8 Å². The highest BCUT2D eigenvalue weighted by Gasteiger charge is 2.32. The fourth-order valence-corrected chi connectivity index (χ4v) is 2.76. The maximum atomic E-state index is 12.8. The van der Waals surface area contributed by atoms with Crippen molar-refractivity contribution in [2.75, 3.05) is 18.8 Å². The van der Waals surface area contributed by atoms with Crippen molar-refractivity contribution in [3.63, 3.8) is 0 Å². The molecule has 2 aliphatic rings. The van der Waals surface area contributed by atoms with Crippen LogP contribution in [0.15, 0.2) is 12.3 Å². The van der Waals surface area contributed by atoms with E-state index in [1.54, 1.807) is 0 Å². The lowest BCUT2D eigenvalue weighted by Crippen LogP contribution is -2.36. The molecule has 110 valence electrons. The van der Waals surface area contributed by atoms with Gasteiger partial charge in [-0.15, -0.1) is 0 Å². The van der Waals surface area contributed by atoms with Crippen LogP contribution in [0.5, 0.6) is 0 Å². The number of anilines is 1. The zero-order chi connectivity index (χ0) is 14.1. The van der Waals surface area contributed by atoms with Gasteiger partial charge in [-0.3, -0.25) is 4.79 Å². The van der Waals surface area contributed by atoms with Gasteiger partial charge in [0.1, 0.15) is 5.69 Å². The predicted molar refractivity (Wildman–Crippen MR) is 80.5 cm³/mol. The summed E-state index contributed by atoms with van der Waals surface area (Å²) in [7, 11) is 0. The lowest BCUT2D eigenvalue weighted by molar-refractivity contribution is 0.0728. The average molecular weight is 275 g/mol. The molecule has 2 fully saturated rings. The molecule has 1 aromatic heterocycles. The zero-order valence-electron chi connectivity index (χ0n) is 12.3. The minimum atomic E-state index is 0.175. The van der Waals surface area contributed by atoms with Crippen molar-refractivity contribution in [3.8, 4) is 0 Å². The molecular formula is C16H25N3O. The highest BCUT2D eigenvalue weighted by atomic mass is 16.2. The van der Waals surface area contributed by atoms with Gasteiger partial charge in [-0.1, -0.05) is 6.92 Å². The number of hydrogen-bond acceptors (Lipinski definition) is 2. The number of carbonyl (C=O) groups is 1. The van der Waals surface area contributed by atoms with E-state index in [9.17, 15) is 4.79 Å². The Labute approximate surface area is 120 Å². The van der Waals surface area contributed by atoms with Crippen LogP contribution < -0.4 is 5.73 Å². The van der Waals surface area contributed by atoms with E-state index < -0.39 is 0 Å². The highest BCUT2D eigenvalue weighted by molar-refractivity contribution is 5.94. The van der Waals surface area contributed by atoms with Crippen LogP contribution in [0.2, 0.25) is 0 Å². The Morgan fingerprint density at radius 1 is 1.30 bits per heavy atom. The standard InChI is InChI=1S/C16H25N3O/c1-2-7-18-11-14(17)8-15(18)16(20)19(9-12-3-4-12)10-13-5-6-13/h8,11-13H,2-7,9-10,17H2,1H3. The summed E-state index contributed by atoms with van der Waals surface area (Å²) in [6.07, 6.45) is 8.04. The predicted octanol–water partition coefficient (Wildman–Crippen LogP) is 2.74. The van der Waals surface area contributed by atoms with Crippen LogP contribution in [0.3, 0.4) is 0 Å². The first-order valence-corrected chi connectivity index (χ1v) is 7.92. The average Bonchev–Trinajstić information content (AvgIpc) is 3.31. The summed E-state index contributed by atoms with van der Waals surface area (Å²) in [6, 6.07) is 1.84. The second kappa shape index (κ2) is 5.51. The third-order valence-electron chi connectivity index (χ3n) is 4.24. The summed E-state index contributed by atoms with van der Waals surface area (Å²) in [5.74, 6) is 1.66. The number of aryl methyl sites for hydroxylation is 1. The van der Waals surface area contributed by atoms with Crippen LogP contribution in [-0.4, -0.2) is 28.5 Å². The maximum Gasteiger partial charge on any atom is 0.270 e. The molecule has 0 atom stereocenters. The van der Waals surface area contributed by atoms with Gasteiger partial charge in [-0.2, -0.15) is 0 Å². The van der Waals surface area contributed by atoms with Gasteiger partial charge >= 0.3 is 0 Å².